The van der Waals surface area contributed by atoms with E-state index in [1.165, 1.54) is 0 Å². The minimum atomic E-state index is -0.856. The average Bonchev–Trinajstić information content (AvgIpc) is 2.35. The summed E-state index contributed by atoms with van der Waals surface area (Å²) in [7, 11) is 0. The number of nitrogens with two attached hydrogens (primary N) is 1. The molecule has 4 N–H and O–H groups in total. The van der Waals surface area contributed by atoms with Crippen LogP contribution in [0.2, 0.25) is 0 Å². The maximum absolute atomic E-state index is 9.20. The van der Waals surface area contributed by atoms with Gasteiger partial charge in [-0.05, 0) is 12.5 Å². The van der Waals surface area contributed by atoms with E-state index in [-0.39, 0.29) is 19.3 Å². The van der Waals surface area contributed by atoms with Crippen LogP contribution in [0.4, 0.5) is 0 Å². The van der Waals surface area contributed by atoms with Gasteiger partial charge in [0.15, 0.2) is 0 Å². The number of rotatable bonds is 6. The summed E-state index contributed by atoms with van der Waals surface area (Å²) in [6, 6.07) is 7.42. The molecular weight excluding hydrogens is 206 g/mol. The summed E-state index contributed by atoms with van der Waals surface area (Å²) in [4.78, 5) is 0. The molecule has 0 aliphatic rings. The van der Waals surface area contributed by atoms with E-state index >= 15 is 0 Å². The quantitative estimate of drug-likeness (QED) is 0.670. The second-order valence-electron chi connectivity index (χ2n) is 3.70. The number of hydrogen-bond acceptors (Lipinski definition) is 4. The lowest BCUT2D eigenvalue weighted by atomic mass is 10.0. The van der Waals surface area contributed by atoms with Gasteiger partial charge in [-0.2, -0.15) is 0 Å². The summed E-state index contributed by atoms with van der Waals surface area (Å²) < 4.78 is 5.42. The molecule has 90 valence electrons. The molecule has 0 aliphatic carbocycles. The Balaban J connectivity index is 2.71. The Kier molecular flexibility index (Phi) is 5.25. The summed E-state index contributed by atoms with van der Waals surface area (Å²) in [5, 5.41) is 17.9. The van der Waals surface area contributed by atoms with Crippen LogP contribution < -0.4 is 10.5 Å². The minimum absolute atomic E-state index is 0.0672. The summed E-state index contributed by atoms with van der Waals surface area (Å²) in [5.41, 5.74) is 6.87. The molecule has 1 rings (SSSR count). The lowest BCUT2D eigenvalue weighted by Gasteiger charge is -2.16. The lowest BCUT2D eigenvalue weighted by Crippen LogP contribution is -2.22. The second kappa shape index (κ2) is 6.48. The van der Waals surface area contributed by atoms with E-state index in [4.69, 9.17) is 15.6 Å². The van der Waals surface area contributed by atoms with Gasteiger partial charge >= 0.3 is 0 Å². The largest absolute Gasteiger partial charge is 0.490 e. The van der Waals surface area contributed by atoms with E-state index < -0.39 is 6.10 Å². The molecular formula is C12H19NO3. The highest BCUT2D eigenvalue weighted by atomic mass is 16.5. The van der Waals surface area contributed by atoms with Crippen LogP contribution in [0.25, 0.3) is 0 Å². The number of ether oxygens (including phenoxy) is 1. The van der Waals surface area contributed by atoms with Gasteiger partial charge in [0.2, 0.25) is 0 Å². The molecule has 0 amide bonds. The fourth-order valence-corrected chi connectivity index (χ4v) is 1.38. The summed E-state index contributed by atoms with van der Waals surface area (Å²) in [6.45, 7) is 1.77. The van der Waals surface area contributed by atoms with Crippen molar-refractivity contribution in [3.05, 3.63) is 29.8 Å². The smallest absolute Gasteiger partial charge is 0.124 e. The van der Waals surface area contributed by atoms with E-state index in [1.54, 1.807) is 0 Å². The predicted octanol–water partition coefficient (Wildman–Crippen LogP) is 0.828. The van der Waals surface area contributed by atoms with Crippen molar-refractivity contribution in [3.8, 4) is 5.75 Å². The molecule has 4 heteroatoms. The monoisotopic (exact) mass is 225 g/mol. The van der Waals surface area contributed by atoms with Crippen LogP contribution in [0.5, 0.6) is 5.75 Å². The third-order valence-electron chi connectivity index (χ3n) is 2.40. The van der Waals surface area contributed by atoms with Gasteiger partial charge < -0.3 is 20.7 Å². The van der Waals surface area contributed by atoms with Crippen molar-refractivity contribution in [2.45, 2.75) is 25.5 Å². The predicted molar refractivity (Wildman–Crippen MR) is 62.2 cm³/mol. The highest BCUT2D eigenvalue weighted by Gasteiger charge is 2.11. The first-order valence-corrected chi connectivity index (χ1v) is 5.45. The van der Waals surface area contributed by atoms with Crippen molar-refractivity contribution in [2.24, 2.45) is 5.73 Å². The van der Waals surface area contributed by atoms with E-state index in [0.717, 1.165) is 12.0 Å². The first kappa shape index (κ1) is 13.0. The molecule has 1 aromatic rings. The third kappa shape index (κ3) is 3.48. The van der Waals surface area contributed by atoms with Gasteiger partial charge in [0, 0.05) is 11.6 Å². The fraction of sp³-hybridized carbons (Fsp3) is 0.500. The molecule has 16 heavy (non-hydrogen) atoms. The zero-order chi connectivity index (χ0) is 12.0. The molecule has 0 saturated carbocycles. The zero-order valence-corrected chi connectivity index (χ0v) is 9.47. The van der Waals surface area contributed by atoms with Crippen molar-refractivity contribution < 1.29 is 14.9 Å². The first-order chi connectivity index (χ1) is 7.69. The Labute approximate surface area is 95.7 Å². The third-order valence-corrected chi connectivity index (χ3v) is 2.40. The molecule has 0 heterocycles. The average molecular weight is 225 g/mol. The van der Waals surface area contributed by atoms with E-state index in [2.05, 4.69) is 0 Å². The zero-order valence-electron chi connectivity index (χ0n) is 9.47. The molecule has 0 fully saturated rings. The van der Waals surface area contributed by atoms with E-state index in [1.807, 2.05) is 31.2 Å². The van der Waals surface area contributed by atoms with E-state index in [0.29, 0.717) is 5.75 Å². The van der Waals surface area contributed by atoms with Gasteiger partial charge in [0.1, 0.15) is 18.5 Å². The van der Waals surface area contributed by atoms with Gasteiger partial charge in [-0.15, -0.1) is 0 Å². The van der Waals surface area contributed by atoms with Crippen molar-refractivity contribution in [3.63, 3.8) is 0 Å². The Bertz CT molecular complexity index is 317. The van der Waals surface area contributed by atoms with Crippen molar-refractivity contribution >= 4 is 0 Å². The van der Waals surface area contributed by atoms with Gasteiger partial charge in [-0.3, -0.25) is 0 Å². The molecule has 0 aliphatic heterocycles. The Hall–Kier alpha value is -1.10. The first-order valence-electron chi connectivity index (χ1n) is 5.45. The Morgan fingerprint density at radius 1 is 1.38 bits per heavy atom. The van der Waals surface area contributed by atoms with E-state index in [9.17, 15) is 5.11 Å². The van der Waals surface area contributed by atoms with Crippen LogP contribution in [-0.2, 0) is 0 Å². The summed E-state index contributed by atoms with van der Waals surface area (Å²) in [5.74, 6) is 0.671. The lowest BCUT2D eigenvalue weighted by molar-refractivity contribution is 0.0532. The van der Waals surface area contributed by atoms with Crippen LogP contribution in [0.1, 0.15) is 24.9 Å². The number of aliphatic hydroxyl groups is 2. The maximum atomic E-state index is 9.20. The topological polar surface area (TPSA) is 75.7 Å². The van der Waals surface area contributed by atoms with Crippen molar-refractivity contribution in [2.75, 3.05) is 13.2 Å². The van der Waals surface area contributed by atoms with Gasteiger partial charge in [0.25, 0.3) is 0 Å². The molecule has 0 spiro atoms. The standard InChI is InChI=1S/C12H19NO3/c1-2-11(13)10-5-3-4-6-12(10)16-8-9(15)7-14/h3-6,9,11,14-15H,2,7-8,13H2,1H3/t9?,11-/m1/s1. The second-order valence-corrected chi connectivity index (χ2v) is 3.70. The van der Waals surface area contributed by atoms with Crippen LogP contribution >= 0.6 is 0 Å². The number of hydrogen-bond donors (Lipinski definition) is 3. The molecule has 0 radical (unpaired) electrons. The van der Waals surface area contributed by atoms with Crippen LogP contribution in [0.15, 0.2) is 24.3 Å². The summed E-state index contributed by atoms with van der Waals surface area (Å²) in [6.07, 6.45) is -0.0333. The molecule has 4 nitrogen and oxygen atoms in total. The molecule has 0 saturated heterocycles. The van der Waals surface area contributed by atoms with Crippen LogP contribution in [-0.4, -0.2) is 29.5 Å². The number of aliphatic hydroxyl groups excluding tert-OH is 2. The van der Waals surface area contributed by atoms with Gasteiger partial charge in [-0.25, -0.2) is 0 Å². The van der Waals surface area contributed by atoms with Crippen molar-refractivity contribution in [1.82, 2.24) is 0 Å². The number of benzene rings is 1. The molecule has 0 bridgehead atoms. The molecule has 1 unspecified atom stereocenters. The maximum Gasteiger partial charge on any atom is 0.124 e. The Morgan fingerprint density at radius 2 is 2.06 bits per heavy atom. The van der Waals surface area contributed by atoms with Crippen LogP contribution in [0.3, 0.4) is 0 Å². The van der Waals surface area contributed by atoms with Crippen LogP contribution in [0, 0.1) is 0 Å². The normalized spacial score (nSPS) is 14.5. The minimum Gasteiger partial charge on any atom is -0.490 e. The van der Waals surface area contributed by atoms with Gasteiger partial charge in [0.05, 0.1) is 6.61 Å². The highest BCUT2D eigenvalue weighted by Crippen LogP contribution is 2.25. The molecule has 2 atom stereocenters. The van der Waals surface area contributed by atoms with Gasteiger partial charge in [-0.1, -0.05) is 25.1 Å². The molecule has 0 aromatic heterocycles. The van der Waals surface area contributed by atoms with Crippen molar-refractivity contribution in [1.29, 1.82) is 0 Å². The highest BCUT2D eigenvalue weighted by molar-refractivity contribution is 5.35. The summed E-state index contributed by atoms with van der Waals surface area (Å²) >= 11 is 0. The fourth-order valence-electron chi connectivity index (χ4n) is 1.38. The SMILES string of the molecule is CC[C@@H](N)c1ccccc1OCC(O)CO. The molecule has 1 aromatic carbocycles. The Morgan fingerprint density at radius 3 is 2.69 bits per heavy atom. The number of para-hydroxylation sites is 1.